The average Bonchev–Trinajstić information content (AvgIpc) is 2.57. The molecule has 0 radical (unpaired) electrons. The molecule has 1 saturated heterocycles. The topological polar surface area (TPSA) is 35.2 Å². The van der Waals surface area contributed by atoms with E-state index in [0.717, 1.165) is 23.6 Å². The van der Waals surface area contributed by atoms with Gasteiger partial charge in [-0.3, -0.25) is 0 Å². The molecule has 2 nitrogen and oxygen atoms in total. The largest absolute Gasteiger partial charge is 0.398 e. The molecule has 0 aromatic heterocycles. The first-order valence-corrected chi connectivity index (χ1v) is 6.26. The van der Waals surface area contributed by atoms with Gasteiger partial charge in [0.15, 0.2) is 0 Å². The quantitative estimate of drug-likeness (QED) is 0.811. The molecule has 1 aromatic carbocycles. The number of rotatable bonds is 2. The Morgan fingerprint density at radius 1 is 1.53 bits per heavy atom. The summed E-state index contributed by atoms with van der Waals surface area (Å²) in [5, 5.41) is 1.20. The lowest BCUT2D eigenvalue weighted by molar-refractivity contribution is 0.127. The monoisotopic (exact) mass is 243 g/mol. The molecule has 1 aliphatic heterocycles. The van der Waals surface area contributed by atoms with E-state index < -0.39 is 0 Å². The van der Waals surface area contributed by atoms with Gasteiger partial charge in [0, 0.05) is 27.5 Å². The Morgan fingerprint density at radius 2 is 2.33 bits per heavy atom. The van der Waals surface area contributed by atoms with Crippen molar-refractivity contribution in [2.24, 2.45) is 0 Å². The maximum atomic E-state index is 5.90. The number of ether oxygens (including phenoxy) is 1. The van der Waals surface area contributed by atoms with Crippen LogP contribution in [0, 0.1) is 0 Å². The van der Waals surface area contributed by atoms with Crippen molar-refractivity contribution in [2.45, 2.75) is 29.6 Å². The van der Waals surface area contributed by atoms with E-state index in [4.69, 9.17) is 22.1 Å². The summed E-state index contributed by atoms with van der Waals surface area (Å²) in [6, 6.07) is 5.65. The third kappa shape index (κ3) is 2.60. The second-order valence-corrected chi connectivity index (χ2v) is 5.42. The predicted octanol–water partition coefficient (Wildman–Crippen LogP) is 3.19. The molecule has 0 amide bonds. The van der Waals surface area contributed by atoms with Crippen molar-refractivity contribution in [3.8, 4) is 0 Å². The van der Waals surface area contributed by atoms with Crippen molar-refractivity contribution in [3.05, 3.63) is 23.2 Å². The maximum Gasteiger partial charge on any atom is 0.0669 e. The fraction of sp³-hybridized carbons (Fsp3) is 0.455. The predicted molar refractivity (Wildman–Crippen MR) is 65.5 cm³/mol. The third-order valence-electron chi connectivity index (χ3n) is 2.56. The molecule has 0 aliphatic carbocycles. The van der Waals surface area contributed by atoms with Gasteiger partial charge < -0.3 is 10.5 Å². The highest BCUT2D eigenvalue weighted by atomic mass is 35.5. The number of nitrogen functional groups attached to an aromatic ring is 1. The standard InChI is InChI=1S/C11H14ClNOS/c1-7-10(4-5-14-7)15-11-3-2-8(12)6-9(11)13/h2-3,6-7,10H,4-5,13H2,1H3. The molecule has 1 aromatic rings. The van der Waals surface area contributed by atoms with Gasteiger partial charge in [-0.2, -0.15) is 0 Å². The van der Waals surface area contributed by atoms with Gasteiger partial charge in [0.25, 0.3) is 0 Å². The van der Waals surface area contributed by atoms with E-state index in [1.54, 1.807) is 17.8 Å². The summed E-state index contributed by atoms with van der Waals surface area (Å²) >= 11 is 7.63. The van der Waals surface area contributed by atoms with Crippen LogP contribution in [0.25, 0.3) is 0 Å². The highest BCUT2D eigenvalue weighted by molar-refractivity contribution is 8.00. The number of anilines is 1. The number of nitrogens with two attached hydrogens (primary N) is 1. The first-order chi connectivity index (χ1) is 7.16. The van der Waals surface area contributed by atoms with Crippen LogP contribution in [0.3, 0.4) is 0 Å². The SMILES string of the molecule is CC1OCCC1Sc1ccc(Cl)cc1N. The Hall–Kier alpha value is -0.380. The van der Waals surface area contributed by atoms with Gasteiger partial charge in [-0.05, 0) is 31.5 Å². The maximum absolute atomic E-state index is 5.90. The van der Waals surface area contributed by atoms with E-state index >= 15 is 0 Å². The molecule has 15 heavy (non-hydrogen) atoms. The zero-order valence-electron chi connectivity index (χ0n) is 8.57. The fourth-order valence-electron chi connectivity index (χ4n) is 1.66. The summed E-state index contributed by atoms with van der Waals surface area (Å²) in [5.74, 6) is 0. The van der Waals surface area contributed by atoms with Crippen molar-refractivity contribution >= 4 is 29.1 Å². The Balaban J connectivity index is 2.10. The van der Waals surface area contributed by atoms with Gasteiger partial charge in [-0.25, -0.2) is 0 Å². The molecule has 0 bridgehead atoms. The lowest BCUT2D eigenvalue weighted by atomic mass is 10.3. The first kappa shape index (κ1) is 11.1. The summed E-state index contributed by atoms with van der Waals surface area (Å²) < 4.78 is 5.51. The molecule has 2 N–H and O–H groups in total. The summed E-state index contributed by atoms with van der Waals surface area (Å²) in [6.45, 7) is 2.96. The Kier molecular flexibility index (Phi) is 3.44. The van der Waals surface area contributed by atoms with Crippen LogP contribution in [0.5, 0.6) is 0 Å². The highest BCUT2D eigenvalue weighted by Gasteiger charge is 2.25. The van der Waals surface area contributed by atoms with Crippen LogP contribution >= 0.6 is 23.4 Å². The number of benzene rings is 1. The summed E-state index contributed by atoms with van der Waals surface area (Å²) in [7, 11) is 0. The minimum Gasteiger partial charge on any atom is -0.398 e. The van der Waals surface area contributed by atoms with E-state index in [1.165, 1.54) is 0 Å². The van der Waals surface area contributed by atoms with Crippen molar-refractivity contribution in [1.82, 2.24) is 0 Å². The smallest absolute Gasteiger partial charge is 0.0669 e. The van der Waals surface area contributed by atoms with Crippen LogP contribution in [0.2, 0.25) is 5.02 Å². The van der Waals surface area contributed by atoms with Gasteiger partial charge in [-0.1, -0.05) is 11.6 Å². The van der Waals surface area contributed by atoms with Crippen LogP contribution in [0.1, 0.15) is 13.3 Å². The van der Waals surface area contributed by atoms with E-state index in [0.29, 0.717) is 16.4 Å². The molecule has 4 heteroatoms. The number of hydrogen-bond acceptors (Lipinski definition) is 3. The first-order valence-electron chi connectivity index (χ1n) is 5.00. The minimum absolute atomic E-state index is 0.310. The molecule has 0 saturated carbocycles. The number of halogens is 1. The molecular formula is C11H14ClNOS. The highest BCUT2D eigenvalue weighted by Crippen LogP contribution is 2.36. The summed E-state index contributed by atoms with van der Waals surface area (Å²) in [6.07, 6.45) is 1.40. The normalized spacial score (nSPS) is 25.7. The average molecular weight is 244 g/mol. The molecule has 1 aliphatic rings. The van der Waals surface area contributed by atoms with Crippen LogP contribution < -0.4 is 5.73 Å². The molecular weight excluding hydrogens is 230 g/mol. The molecule has 1 fully saturated rings. The molecule has 2 rings (SSSR count). The molecule has 1 heterocycles. The van der Waals surface area contributed by atoms with Gasteiger partial charge in [0.05, 0.1) is 6.10 Å². The van der Waals surface area contributed by atoms with Gasteiger partial charge >= 0.3 is 0 Å². The van der Waals surface area contributed by atoms with Crippen LogP contribution in [0.15, 0.2) is 23.1 Å². The van der Waals surface area contributed by atoms with Gasteiger partial charge in [-0.15, -0.1) is 11.8 Å². The lowest BCUT2D eigenvalue weighted by Gasteiger charge is -2.14. The van der Waals surface area contributed by atoms with Gasteiger partial charge in [0.2, 0.25) is 0 Å². The summed E-state index contributed by atoms with van der Waals surface area (Å²) in [5.41, 5.74) is 6.65. The Labute approximate surface area is 99.1 Å². The fourth-order valence-corrected chi connectivity index (χ4v) is 2.99. The van der Waals surface area contributed by atoms with E-state index in [-0.39, 0.29) is 0 Å². The molecule has 82 valence electrons. The van der Waals surface area contributed by atoms with Crippen molar-refractivity contribution < 1.29 is 4.74 Å². The second-order valence-electron chi connectivity index (χ2n) is 3.70. The lowest BCUT2D eigenvalue weighted by Crippen LogP contribution is -2.13. The molecule has 2 atom stereocenters. The van der Waals surface area contributed by atoms with Crippen molar-refractivity contribution in [2.75, 3.05) is 12.3 Å². The van der Waals surface area contributed by atoms with Crippen LogP contribution in [0.4, 0.5) is 5.69 Å². The zero-order chi connectivity index (χ0) is 10.8. The minimum atomic E-state index is 0.310. The van der Waals surface area contributed by atoms with Gasteiger partial charge in [0.1, 0.15) is 0 Å². The molecule has 2 unspecified atom stereocenters. The summed E-state index contributed by atoms with van der Waals surface area (Å²) in [4.78, 5) is 1.10. The number of hydrogen-bond donors (Lipinski definition) is 1. The Bertz CT molecular complexity index is 358. The second kappa shape index (κ2) is 4.64. The van der Waals surface area contributed by atoms with Crippen LogP contribution in [-0.2, 0) is 4.74 Å². The van der Waals surface area contributed by atoms with E-state index in [2.05, 4.69) is 6.92 Å². The Morgan fingerprint density at radius 3 is 2.93 bits per heavy atom. The third-order valence-corrected chi connectivity index (χ3v) is 4.34. The van der Waals surface area contributed by atoms with Crippen molar-refractivity contribution in [3.63, 3.8) is 0 Å². The number of thioether (sulfide) groups is 1. The molecule has 0 spiro atoms. The van der Waals surface area contributed by atoms with E-state index in [9.17, 15) is 0 Å². The van der Waals surface area contributed by atoms with E-state index in [1.807, 2.05) is 12.1 Å². The van der Waals surface area contributed by atoms with Crippen LogP contribution in [-0.4, -0.2) is 18.0 Å². The van der Waals surface area contributed by atoms with Crippen molar-refractivity contribution in [1.29, 1.82) is 0 Å². The zero-order valence-corrected chi connectivity index (χ0v) is 10.1.